The van der Waals surface area contributed by atoms with Gasteiger partial charge in [0.1, 0.15) is 17.6 Å². The molecule has 0 spiro atoms. The predicted molar refractivity (Wildman–Crippen MR) is 100 cm³/mol. The molecule has 0 bridgehead atoms. The summed E-state index contributed by atoms with van der Waals surface area (Å²) >= 11 is 6.33. The van der Waals surface area contributed by atoms with E-state index in [0.717, 1.165) is 0 Å². The first-order chi connectivity index (χ1) is 13.4. The van der Waals surface area contributed by atoms with Crippen molar-refractivity contribution in [3.05, 3.63) is 59.1 Å². The van der Waals surface area contributed by atoms with Gasteiger partial charge in [0.15, 0.2) is 0 Å². The molecule has 10 heteroatoms. The number of carbonyl (C=O) groups excluding carboxylic acids is 2. The molecule has 0 aliphatic carbocycles. The van der Waals surface area contributed by atoms with Gasteiger partial charge < -0.3 is 29.7 Å². The second-order valence-electron chi connectivity index (χ2n) is 6.39. The van der Waals surface area contributed by atoms with Gasteiger partial charge in [-0.05, 0) is 31.0 Å². The molecule has 1 aromatic heterocycles. The zero-order valence-electron chi connectivity index (χ0n) is 16.1. The van der Waals surface area contributed by atoms with Crippen molar-refractivity contribution in [2.75, 3.05) is 5.32 Å². The maximum absolute atomic E-state index is 12.5. The zero-order chi connectivity index (χ0) is 20.3. The van der Waals surface area contributed by atoms with E-state index in [-0.39, 0.29) is 87.1 Å². The standard InChI is InChI=1S/C19H20ClN3O5.K/c1-2-23-9-14(18(26)27)15(10-23)21-17(25)7-8-19(16(20)11-28-22-19)12-3-5-13(24)6-4-12;/h3-6,9-11,22,24H,2,7-8H2,1H3,(H,21,25)(H,26,27);/q;+1/p-1. The van der Waals surface area contributed by atoms with Crippen LogP contribution in [0.15, 0.2) is 48.0 Å². The van der Waals surface area contributed by atoms with Crippen LogP contribution in [0.3, 0.4) is 0 Å². The van der Waals surface area contributed by atoms with Crippen LogP contribution in [0.1, 0.15) is 35.7 Å². The summed E-state index contributed by atoms with van der Waals surface area (Å²) in [6.07, 6.45) is 4.58. The third kappa shape index (κ3) is 5.24. The number of nitrogens with one attached hydrogen (secondary N) is 2. The summed E-state index contributed by atoms with van der Waals surface area (Å²) in [5, 5.41) is 23.7. The number of halogens is 1. The van der Waals surface area contributed by atoms with Crippen LogP contribution in [0, 0.1) is 0 Å². The van der Waals surface area contributed by atoms with Crippen LogP contribution in [0.2, 0.25) is 0 Å². The Hall–Kier alpha value is -1.33. The van der Waals surface area contributed by atoms with Crippen LogP contribution < -0.4 is 67.3 Å². The fraction of sp³-hybridized carbons (Fsp3) is 0.263. The number of aromatic nitrogens is 1. The van der Waals surface area contributed by atoms with E-state index in [2.05, 4.69) is 10.8 Å². The van der Waals surface area contributed by atoms with Crippen molar-refractivity contribution < 1.29 is 76.0 Å². The molecule has 1 aliphatic heterocycles. The molecule has 0 radical (unpaired) electrons. The summed E-state index contributed by atoms with van der Waals surface area (Å²) in [7, 11) is 0. The molecule has 1 amide bonds. The third-order valence-corrected chi connectivity index (χ3v) is 5.04. The smallest absolute Gasteiger partial charge is 0.545 e. The first-order valence-electron chi connectivity index (χ1n) is 8.65. The number of carbonyl (C=O) groups is 2. The predicted octanol–water partition coefficient (Wildman–Crippen LogP) is -1.19. The number of anilines is 1. The molecule has 0 saturated carbocycles. The van der Waals surface area contributed by atoms with Crippen molar-refractivity contribution in [2.45, 2.75) is 31.8 Å². The molecular weight excluding hydrogens is 425 g/mol. The monoisotopic (exact) mass is 443 g/mol. The second kappa shape index (κ2) is 10.1. The summed E-state index contributed by atoms with van der Waals surface area (Å²) < 4.78 is 1.64. The van der Waals surface area contributed by atoms with Gasteiger partial charge in [0.05, 0.1) is 16.7 Å². The number of amides is 1. The van der Waals surface area contributed by atoms with E-state index in [1.165, 1.54) is 24.6 Å². The molecule has 8 nitrogen and oxygen atoms in total. The van der Waals surface area contributed by atoms with Gasteiger partial charge in [-0.15, -0.1) is 5.48 Å². The van der Waals surface area contributed by atoms with Gasteiger partial charge in [0, 0.05) is 30.9 Å². The minimum atomic E-state index is -1.36. The summed E-state index contributed by atoms with van der Waals surface area (Å²) in [4.78, 5) is 28.9. The average molecular weight is 444 g/mol. The Kier molecular flexibility index (Phi) is 8.35. The number of aromatic hydroxyl groups is 1. The summed E-state index contributed by atoms with van der Waals surface area (Å²) in [6.45, 7) is 2.41. The van der Waals surface area contributed by atoms with E-state index >= 15 is 0 Å². The number of hydroxylamine groups is 1. The summed E-state index contributed by atoms with van der Waals surface area (Å²) in [5.74, 6) is -1.64. The number of nitrogens with zero attached hydrogens (tertiary/aromatic N) is 1. The summed E-state index contributed by atoms with van der Waals surface area (Å²) in [6, 6.07) is 6.39. The van der Waals surface area contributed by atoms with Crippen LogP contribution in [0.4, 0.5) is 5.69 Å². The third-order valence-electron chi connectivity index (χ3n) is 4.63. The molecule has 1 aliphatic rings. The fourth-order valence-electron chi connectivity index (χ4n) is 3.06. The summed E-state index contributed by atoms with van der Waals surface area (Å²) in [5.41, 5.74) is 2.69. The molecular formula is C19H19ClKN3O5. The molecule has 2 aromatic rings. The largest absolute Gasteiger partial charge is 1.00 e. The van der Waals surface area contributed by atoms with E-state index in [9.17, 15) is 19.8 Å². The number of aromatic carboxylic acids is 1. The van der Waals surface area contributed by atoms with Crippen LogP contribution in [0.5, 0.6) is 5.75 Å². The number of phenolic OH excluding ortho intramolecular Hbond substituents is 1. The Balaban J connectivity index is 0.00000300. The number of benzene rings is 1. The second-order valence-corrected chi connectivity index (χ2v) is 6.80. The minimum Gasteiger partial charge on any atom is -0.545 e. The molecule has 2 heterocycles. The molecule has 0 saturated heterocycles. The number of hydrogen-bond donors (Lipinski definition) is 3. The van der Waals surface area contributed by atoms with Crippen LogP contribution in [0.25, 0.3) is 0 Å². The first kappa shape index (κ1) is 23.9. The molecule has 3 N–H and O–H groups in total. The van der Waals surface area contributed by atoms with Crippen molar-refractivity contribution in [2.24, 2.45) is 0 Å². The zero-order valence-corrected chi connectivity index (χ0v) is 19.9. The number of rotatable bonds is 7. The average Bonchev–Trinajstić information content (AvgIpc) is 3.25. The van der Waals surface area contributed by atoms with Gasteiger partial charge in [-0.1, -0.05) is 23.7 Å². The maximum Gasteiger partial charge on any atom is 1.00 e. The number of aryl methyl sites for hydroxylation is 1. The van der Waals surface area contributed by atoms with Crippen LogP contribution >= 0.6 is 11.6 Å². The Morgan fingerprint density at radius 1 is 1.31 bits per heavy atom. The quantitative estimate of drug-likeness (QED) is 0.463. The van der Waals surface area contributed by atoms with Crippen molar-refractivity contribution in [3.8, 4) is 5.75 Å². The van der Waals surface area contributed by atoms with Gasteiger partial charge in [-0.3, -0.25) is 4.79 Å². The Bertz CT molecular complexity index is 928. The molecule has 1 atom stereocenters. The van der Waals surface area contributed by atoms with Crippen molar-refractivity contribution in [3.63, 3.8) is 0 Å². The van der Waals surface area contributed by atoms with Crippen LogP contribution in [-0.2, 0) is 21.7 Å². The Morgan fingerprint density at radius 3 is 2.55 bits per heavy atom. The van der Waals surface area contributed by atoms with E-state index in [0.29, 0.717) is 17.1 Å². The van der Waals surface area contributed by atoms with E-state index in [1.54, 1.807) is 22.9 Å². The Labute approximate surface area is 215 Å². The number of carboxylic acids is 1. The molecule has 0 fully saturated rings. The molecule has 1 aromatic carbocycles. The number of phenols is 1. The van der Waals surface area contributed by atoms with Gasteiger partial charge in [0.25, 0.3) is 0 Å². The van der Waals surface area contributed by atoms with Crippen molar-refractivity contribution in [1.29, 1.82) is 0 Å². The number of carboxylic acid groups (broad SMARTS) is 1. The number of hydrogen-bond acceptors (Lipinski definition) is 6. The van der Waals surface area contributed by atoms with E-state index in [1.807, 2.05) is 6.92 Å². The fourth-order valence-corrected chi connectivity index (χ4v) is 3.34. The molecule has 29 heavy (non-hydrogen) atoms. The normalized spacial score (nSPS) is 17.8. The van der Waals surface area contributed by atoms with Gasteiger partial charge in [-0.2, -0.15) is 0 Å². The van der Waals surface area contributed by atoms with Gasteiger partial charge in [0.2, 0.25) is 5.91 Å². The first-order valence-corrected chi connectivity index (χ1v) is 9.03. The van der Waals surface area contributed by atoms with E-state index in [4.69, 9.17) is 16.4 Å². The molecule has 148 valence electrons. The Morgan fingerprint density at radius 2 is 2.00 bits per heavy atom. The van der Waals surface area contributed by atoms with Gasteiger partial charge in [-0.25, -0.2) is 0 Å². The van der Waals surface area contributed by atoms with Crippen LogP contribution in [-0.4, -0.2) is 21.6 Å². The van der Waals surface area contributed by atoms with Crippen molar-refractivity contribution >= 4 is 29.2 Å². The van der Waals surface area contributed by atoms with Gasteiger partial charge >= 0.3 is 51.4 Å². The molecule has 1 unspecified atom stereocenters. The topological polar surface area (TPSA) is 116 Å². The maximum atomic E-state index is 12.5. The minimum absolute atomic E-state index is 0. The SMILES string of the molecule is CCn1cc(NC(=O)CCC2(c3ccc(O)cc3)NOC=C2Cl)c(C(=O)[O-])c1.[K+]. The molecule has 3 rings (SSSR count). The van der Waals surface area contributed by atoms with Crippen molar-refractivity contribution in [1.82, 2.24) is 10.0 Å². The van der Waals surface area contributed by atoms with E-state index < -0.39 is 11.5 Å².